The maximum absolute atomic E-state index is 5.87. The summed E-state index contributed by atoms with van der Waals surface area (Å²) in [5.41, 5.74) is 9.92. The van der Waals surface area contributed by atoms with Crippen LogP contribution in [0.3, 0.4) is 0 Å². The number of rotatable bonds is 4. The van der Waals surface area contributed by atoms with Gasteiger partial charge in [-0.2, -0.15) is 0 Å². The maximum Gasteiger partial charge on any atom is 0.146 e. The summed E-state index contributed by atoms with van der Waals surface area (Å²) in [6.45, 7) is 2.79. The van der Waals surface area contributed by atoms with Gasteiger partial charge in [-0.05, 0) is 12.5 Å². The van der Waals surface area contributed by atoms with Gasteiger partial charge < -0.3 is 15.6 Å². The topological polar surface area (TPSA) is 68.8 Å². The number of nitrogens with zero attached hydrogens (tertiary/aromatic N) is 3. The van der Waals surface area contributed by atoms with Crippen LogP contribution >= 0.6 is 12.2 Å². The highest BCUT2D eigenvalue weighted by Gasteiger charge is 2.16. The molecule has 0 amide bonds. The van der Waals surface area contributed by atoms with E-state index in [9.17, 15) is 0 Å². The molecule has 0 radical (unpaired) electrons. The van der Waals surface area contributed by atoms with Crippen molar-refractivity contribution in [1.82, 2.24) is 14.5 Å². The van der Waals surface area contributed by atoms with Gasteiger partial charge in [-0.3, -0.25) is 0 Å². The number of fused-ring (bicyclic) bond motifs is 1. The van der Waals surface area contributed by atoms with Gasteiger partial charge >= 0.3 is 0 Å². The molecule has 0 aliphatic heterocycles. The molecule has 22 heavy (non-hydrogen) atoms. The van der Waals surface area contributed by atoms with Crippen LogP contribution in [0.4, 0.5) is 5.82 Å². The Morgan fingerprint density at radius 3 is 2.86 bits per heavy atom. The Morgan fingerprint density at radius 2 is 2.18 bits per heavy atom. The number of nitrogens with two attached hydrogens (primary N) is 1. The van der Waals surface area contributed by atoms with Crippen molar-refractivity contribution in [3.8, 4) is 0 Å². The summed E-state index contributed by atoms with van der Waals surface area (Å²) in [6, 6.07) is 8.39. The number of hydrogen-bond acceptors (Lipinski definition) is 4. The summed E-state index contributed by atoms with van der Waals surface area (Å²) in [7, 11) is 1.82. The van der Waals surface area contributed by atoms with Crippen molar-refractivity contribution >= 4 is 34.1 Å². The Morgan fingerprint density at radius 1 is 1.36 bits per heavy atom. The van der Waals surface area contributed by atoms with E-state index in [1.165, 1.54) is 11.1 Å². The molecule has 6 heteroatoms. The third-order valence-electron chi connectivity index (χ3n) is 3.59. The van der Waals surface area contributed by atoms with Crippen molar-refractivity contribution in [2.75, 3.05) is 12.4 Å². The minimum atomic E-state index is 0.347. The summed E-state index contributed by atoms with van der Waals surface area (Å²) in [6.07, 6.45) is 3.50. The third-order valence-corrected chi connectivity index (χ3v) is 3.81. The minimum absolute atomic E-state index is 0.347. The summed E-state index contributed by atoms with van der Waals surface area (Å²) in [5.74, 6) is 0.732. The second-order valence-corrected chi connectivity index (χ2v) is 5.63. The third kappa shape index (κ3) is 2.53. The highest BCUT2D eigenvalue weighted by atomic mass is 32.1. The van der Waals surface area contributed by atoms with Gasteiger partial charge in [-0.15, -0.1) is 0 Å². The Labute approximate surface area is 134 Å². The Kier molecular flexibility index (Phi) is 3.77. The fourth-order valence-electron chi connectivity index (χ4n) is 2.63. The van der Waals surface area contributed by atoms with Crippen molar-refractivity contribution in [3.05, 3.63) is 53.5 Å². The number of thiocarbonyl (C=S) groups is 1. The van der Waals surface area contributed by atoms with Crippen LogP contribution in [0.25, 0.3) is 11.0 Å². The fraction of sp³-hybridized carbons (Fsp3) is 0.188. The average molecular weight is 311 g/mol. The second-order valence-electron chi connectivity index (χ2n) is 5.19. The Bertz CT molecular complexity index is 853. The molecule has 5 nitrogen and oxygen atoms in total. The van der Waals surface area contributed by atoms with E-state index in [-0.39, 0.29) is 0 Å². The lowest BCUT2D eigenvalue weighted by molar-refractivity contribution is 0.822. The van der Waals surface area contributed by atoms with Gasteiger partial charge in [-0.25, -0.2) is 9.97 Å². The van der Waals surface area contributed by atoms with Crippen molar-refractivity contribution in [2.45, 2.75) is 13.5 Å². The lowest BCUT2D eigenvalue weighted by atomic mass is 10.1. The normalized spacial score (nSPS) is 10.8. The molecule has 1 aromatic carbocycles. The highest BCUT2D eigenvalue weighted by Crippen LogP contribution is 2.26. The average Bonchev–Trinajstić information content (AvgIpc) is 2.86. The molecule has 112 valence electrons. The zero-order valence-electron chi connectivity index (χ0n) is 12.5. The summed E-state index contributed by atoms with van der Waals surface area (Å²) < 4.78 is 2.06. The van der Waals surface area contributed by atoms with E-state index in [1.54, 1.807) is 6.33 Å². The number of aryl methyl sites for hydroxylation is 1. The van der Waals surface area contributed by atoms with E-state index < -0.39 is 0 Å². The van der Waals surface area contributed by atoms with Crippen LogP contribution in [0.5, 0.6) is 0 Å². The molecule has 3 N–H and O–H groups in total. The largest absolute Gasteiger partial charge is 0.389 e. The lowest BCUT2D eigenvalue weighted by Crippen LogP contribution is -2.09. The van der Waals surface area contributed by atoms with Crippen LogP contribution in [-0.4, -0.2) is 26.6 Å². The lowest BCUT2D eigenvalue weighted by Gasteiger charge is -2.06. The van der Waals surface area contributed by atoms with Gasteiger partial charge in [0.15, 0.2) is 0 Å². The van der Waals surface area contributed by atoms with Gasteiger partial charge in [0.05, 0.1) is 5.39 Å². The van der Waals surface area contributed by atoms with Crippen molar-refractivity contribution in [2.24, 2.45) is 5.73 Å². The monoisotopic (exact) mass is 311 g/mol. The van der Waals surface area contributed by atoms with E-state index in [0.29, 0.717) is 11.5 Å². The SMILES string of the molecule is CNc1ncnc2c1c(C(N)=S)cn2Cc1cccc(C)c1. The van der Waals surface area contributed by atoms with Gasteiger partial charge in [-0.1, -0.05) is 42.0 Å². The molecule has 0 atom stereocenters. The molecule has 3 rings (SSSR count). The van der Waals surface area contributed by atoms with Crippen molar-refractivity contribution in [1.29, 1.82) is 0 Å². The summed E-state index contributed by atoms with van der Waals surface area (Å²) in [5, 5.41) is 3.94. The highest BCUT2D eigenvalue weighted by molar-refractivity contribution is 7.80. The number of benzene rings is 1. The first-order valence-electron chi connectivity index (χ1n) is 6.97. The number of anilines is 1. The van der Waals surface area contributed by atoms with Gasteiger partial charge in [0, 0.05) is 25.4 Å². The molecule has 0 unspecified atom stereocenters. The molecular weight excluding hydrogens is 294 g/mol. The van der Waals surface area contributed by atoms with E-state index in [4.69, 9.17) is 18.0 Å². The first-order valence-corrected chi connectivity index (χ1v) is 7.38. The van der Waals surface area contributed by atoms with E-state index in [0.717, 1.165) is 22.4 Å². The molecule has 2 aromatic heterocycles. The molecule has 0 spiro atoms. The zero-order chi connectivity index (χ0) is 15.7. The van der Waals surface area contributed by atoms with E-state index in [1.807, 2.05) is 13.2 Å². The van der Waals surface area contributed by atoms with Crippen LogP contribution in [0.15, 0.2) is 36.8 Å². The van der Waals surface area contributed by atoms with Crippen LogP contribution in [0.1, 0.15) is 16.7 Å². The molecule has 2 heterocycles. The van der Waals surface area contributed by atoms with E-state index >= 15 is 0 Å². The van der Waals surface area contributed by atoms with Gasteiger partial charge in [0.2, 0.25) is 0 Å². The molecule has 0 aliphatic carbocycles. The van der Waals surface area contributed by atoms with Gasteiger partial charge in [0.1, 0.15) is 22.8 Å². The molecule has 0 aliphatic rings. The molecule has 3 aromatic rings. The van der Waals surface area contributed by atoms with Crippen LogP contribution in [-0.2, 0) is 6.54 Å². The standard InChI is InChI=1S/C16H17N5S/c1-10-4-3-5-11(6-10)7-21-8-12(14(17)22)13-15(18-2)19-9-20-16(13)21/h3-6,8-9H,7H2,1-2H3,(H2,17,22)(H,18,19,20). The maximum atomic E-state index is 5.87. The predicted molar refractivity (Wildman–Crippen MR) is 93.2 cm³/mol. The second kappa shape index (κ2) is 5.73. The molecule has 0 fully saturated rings. The Balaban J connectivity index is 2.16. The first kappa shape index (κ1) is 14.5. The summed E-state index contributed by atoms with van der Waals surface area (Å²) in [4.78, 5) is 9.01. The van der Waals surface area contributed by atoms with E-state index in [2.05, 4.69) is 51.0 Å². The molecule has 0 bridgehead atoms. The molecule has 0 saturated heterocycles. The van der Waals surface area contributed by atoms with Crippen LogP contribution < -0.4 is 11.1 Å². The molecule has 0 saturated carbocycles. The quantitative estimate of drug-likeness (QED) is 0.724. The number of aromatic nitrogens is 3. The van der Waals surface area contributed by atoms with Crippen molar-refractivity contribution in [3.63, 3.8) is 0 Å². The van der Waals surface area contributed by atoms with Gasteiger partial charge in [0.25, 0.3) is 0 Å². The van der Waals surface area contributed by atoms with Crippen LogP contribution in [0.2, 0.25) is 0 Å². The predicted octanol–water partition coefficient (Wildman–Crippen LogP) is 2.46. The Hall–Kier alpha value is -2.47. The number of nitrogens with one attached hydrogen (secondary N) is 1. The van der Waals surface area contributed by atoms with Crippen molar-refractivity contribution < 1.29 is 0 Å². The number of hydrogen-bond donors (Lipinski definition) is 2. The first-order chi connectivity index (χ1) is 10.6. The zero-order valence-corrected chi connectivity index (χ0v) is 13.3. The minimum Gasteiger partial charge on any atom is -0.389 e. The summed E-state index contributed by atoms with van der Waals surface area (Å²) >= 11 is 5.18. The fourth-order valence-corrected chi connectivity index (χ4v) is 2.78. The molecular formula is C16H17N5S. The van der Waals surface area contributed by atoms with Crippen LogP contribution in [0, 0.1) is 6.92 Å². The smallest absolute Gasteiger partial charge is 0.146 e.